The Morgan fingerprint density at radius 1 is 0.949 bits per heavy atom. The van der Waals surface area contributed by atoms with Crippen molar-refractivity contribution in [3.8, 4) is 17.4 Å². The zero-order valence-corrected chi connectivity index (χ0v) is 22.3. The van der Waals surface area contributed by atoms with Crippen molar-refractivity contribution in [2.75, 3.05) is 38.0 Å². The average molecular weight is 529 g/mol. The molecule has 1 aromatic carbocycles. The second-order valence-electron chi connectivity index (χ2n) is 9.64. The van der Waals surface area contributed by atoms with Gasteiger partial charge in [-0.15, -0.1) is 0 Å². The second-order valence-corrected chi connectivity index (χ2v) is 9.64. The van der Waals surface area contributed by atoms with Gasteiger partial charge >= 0.3 is 6.03 Å². The third kappa shape index (κ3) is 6.50. The van der Waals surface area contributed by atoms with Crippen LogP contribution in [0.2, 0.25) is 0 Å². The molecule has 11 nitrogen and oxygen atoms in total. The zero-order chi connectivity index (χ0) is 27.4. The van der Waals surface area contributed by atoms with Crippen LogP contribution in [0.15, 0.2) is 59.0 Å². The van der Waals surface area contributed by atoms with Gasteiger partial charge in [-0.25, -0.2) is 19.4 Å². The van der Waals surface area contributed by atoms with Crippen molar-refractivity contribution in [2.45, 2.75) is 27.3 Å². The van der Waals surface area contributed by atoms with Crippen molar-refractivity contribution < 1.29 is 14.0 Å². The lowest BCUT2D eigenvalue weighted by molar-refractivity contribution is -0.117. The molecule has 0 radical (unpaired) electrons. The number of furan rings is 1. The number of hydrogen-bond donors (Lipinski definition) is 2. The van der Waals surface area contributed by atoms with Crippen molar-refractivity contribution in [3.63, 3.8) is 0 Å². The molecular formula is C28H32N8O3. The van der Waals surface area contributed by atoms with E-state index in [0.717, 1.165) is 22.7 Å². The molecule has 0 unspecified atom stereocenters. The van der Waals surface area contributed by atoms with Crippen LogP contribution in [-0.2, 0) is 11.3 Å². The SMILES string of the molecule is Cc1cc(C)n(-c2cc(NC(=O)CN3CCN(C(=O)NCc4ccccc4)CC3)nc(-c3ccc(C)o3)n2)n1. The van der Waals surface area contributed by atoms with Gasteiger partial charge < -0.3 is 20.0 Å². The Morgan fingerprint density at radius 3 is 2.38 bits per heavy atom. The van der Waals surface area contributed by atoms with Gasteiger partial charge in [-0.2, -0.15) is 5.10 Å². The fourth-order valence-corrected chi connectivity index (χ4v) is 4.51. The van der Waals surface area contributed by atoms with E-state index in [1.807, 2.05) is 68.1 Å². The molecule has 0 bridgehead atoms. The molecule has 39 heavy (non-hydrogen) atoms. The number of aryl methyl sites for hydroxylation is 3. The zero-order valence-electron chi connectivity index (χ0n) is 22.3. The molecule has 1 fully saturated rings. The number of aromatic nitrogens is 4. The normalized spacial score (nSPS) is 13.9. The lowest BCUT2D eigenvalue weighted by atomic mass is 10.2. The number of benzene rings is 1. The molecule has 0 saturated carbocycles. The largest absolute Gasteiger partial charge is 0.458 e. The minimum atomic E-state index is -0.198. The molecule has 1 aliphatic heterocycles. The summed E-state index contributed by atoms with van der Waals surface area (Å²) in [5.41, 5.74) is 2.83. The topological polar surface area (TPSA) is 121 Å². The van der Waals surface area contributed by atoms with Crippen molar-refractivity contribution in [1.29, 1.82) is 0 Å². The first kappa shape index (κ1) is 26.1. The minimum Gasteiger partial charge on any atom is -0.458 e. The number of rotatable bonds is 7. The summed E-state index contributed by atoms with van der Waals surface area (Å²) in [6, 6.07) is 17.0. The maximum Gasteiger partial charge on any atom is 0.317 e. The molecule has 1 saturated heterocycles. The Kier molecular flexibility index (Phi) is 7.69. The van der Waals surface area contributed by atoms with Crippen LogP contribution in [0, 0.1) is 20.8 Å². The first-order valence-corrected chi connectivity index (χ1v) is 12.9. The van der Waals surface area contributed by atoms with E-state index in [1.54, 1.807) is 21.7 Å². The molecule has 3 aromatic heterocycles. The summed E-state index contributed by atoms with van der Waals surface area (Å²) in [6.07, 6.45) is 0. The number of nitrogens with one attached hydrogen (secondary N) is 2. The predicted molar refractivity (Wildman–Crippen MR) is 146 cm³/mol. The van der Waals surface area contributed by atoms with Crippen LogP contribution in [0.25, 0.3) is 17.4 Å². The van der Waals surface area contributed by atoms with Crippen LogP contribution in [0.5, 0.6) is 0 Å². The van der Waals surface area contributed by atoms with Crippen LogP contribution < -0.4 is 10.6 Å². The third-order valence-electron chi connectivity index (χ3n) is 6.48. The number of amides is 3. The molecule has 2 N–H and O–H groups in total. The maximum atomic E-state index is 13.0. The van der Waals surface area contributed by atoms with E-state index in [0.29, 0.717) is 55.9 Å². The van der Waals surface area contributed by atoms with E-state index in [4.69, 9.17) is 4.42 Å². The summed E-state index contributed by atoms with van der Waals surface area (Å²) in [4.78, 5) is 38.5. The number of carbonyl (C=O) groups is 2. The molecule has 0 atom stereocenters. The van der Waals surface area contributed by atoms with Gasteiger partial charge in [-0.1, -0.05) is 30.3 Å². The first-order valence-electron chi connectivity index (χ1n) is 12.9. The highest BCUT2D eigenvalue weighted by Gasteiger charge is 2.23. The van der Waals surface area contributed by atoms with Crippen molar-refractivity contribution >= 4 is 17.8 Å². The highest BCUT2D eigenvalue weighted by molar-refractivity contribution is 5.91. The van der Waals surface area contributed by atoms with Crippen molar-refractivity contribution in [2.24, 2.45) is 0 Å². The molecule has 4 heterocycles. The van der Waals surface area contributed by atoms with Crippen LogP contribution >= 0.6 is 0 Å². The fraction of sp³-hybridized carbons (Fsp3) is 0.321. The van der Waals surface area contributed by atoms with E-state index in [-0.39, 0.29) is 18.5 Å². The Balaban J connectivity index is 1.20. The Labute approximate surface area is 226 Å². The van der Waals surface area contributed by atoms with E-state index >= 15 is 0 Å². The van der Waals surface area contributed by atoms with E-state index in [1.165, 1.54) is 0 Å². The summed E-state index contributed by atoms with van der Waals surface area (Å²) in [5.74, 6) is 2.30. The molecule has 5 rings (SSSR count). The van der Waals surface area contributed by atoms with Gasteiger partial charge in [0, 0.05) is 44.5 Å². The standard InChI is InChI=1S/C28H32N8O3/c1-19-15-20(2)36(33-19)25-16-24(31-27(32-25)23-10-9-21(3)39-23)30-26(37)18-34-11-13-35(14-12-34)28(38)29-17-22-7-5-4-6-8-22/h4-10,15-16H,11-14,17-18H2,1-3H3,(H,29,38)(H,30,31,32,37). The predicted octanol–water partition coefficient (Wildman–Crippen LogP) is 3.31. The summed E-state index contributed by atoms with van der Waals surface area (Å²) < 4.78 is 7.45. The molecule has 3 amide bonds. The number of hydrogen-bond acceptors (Lipinski definition) is 7. The van der Waals surface area contributed by atoms with Gasteiger partial charge in [0.15, 0.2) is 17.4 Å². The molecule has 4 aromatic rings. The van der Waals surface area contributed by atoms with Gasteiger partial charge in [0.1, 0.15) is 11.6 Å². The van der Waals surface area contributed by atoms with Gasteiger partial charge in [0.25, 0.3) is 0 Å². The number of carbonyl (C=O) groups excluding carboxylic acids is 2. The molecule has 11 heteroatoms. The summed E-state index contributed by atoms with van der Waals surface area (Å²) in [7, 11) is 0. The summed E-state index contributed by atoms with van der Waals surface area (Å²) in [5, 5.41) is 10.4. The minimum absolute atomic E-state index is 0.0960. The van der Waals surface area contributed by atoms with Crippen molar-refractivity contribution in [3.05, 3.63) is 77.3 Å². The molecule has 0 aliphatic carbocycles. The van der Waals surface area contributed by atoms with Gasteiger partial charge in [-0.05, 0) is 44.5 Å². The number of urea groups is 1. The maximum absolute atomic E-state index is 13.0. The van der Waals surface area contributed by atoms with Crippen LogP contribution in [0.4, 0.5) is 10.6 Å². The average Bonchev–Trinajstić information content (AvgIpc) is 3.52. The highest BCUT2D eigenvalue weighted by Crippen LogP contribution is 2.23. The fourth-order valence-electron chi connectivity index (χ4n) is 4.51. The molecule has 0 spiro atoms. The summed E-state index contributed by atoms with van der Waals surface area (Å²) >= 11 is 0. The van der Waals surface area contributed by atoms with Gasteiger partial charge in [0.2, 0.25) is 5.91 Å². The second kappa shape index (κ2) is 11.5. The van der Waals surface area contributed by atoms with E-state index < -0.39 is 0 Å². The monoisotopic (exact) mass is 528 g/mol. The van der Waals surface area contributed by atoms with E-state index in [9.17, 15) is 9.59 Å². The van der Waals surface area contributed by atoms with Crippen LogP contribution in [0.3, 0.4) is 0 Å². The quantitative estimate of drug-likeness (QED) is 0.377. The van der Waals surface area contributed by atoms with Crippen LogP contribution in [-0.4, -0.2) is 74.2 Å². The van der Waals surface area contributed by atoms with Crippen molar-refractivity contribution in [1.82, 2.24) is 34.9 Å². The number of piperazine rings is 1. The lowest BCUT2D eigenvalue weighted by Crippen LogP contribution is -2.52. The van der Waals surface area contributed by atoms with E-state index in [2.05, 4.69) is 25.7 Å². The first-order chi connectivity index (χ1) is 18.8. The Morgan fingerprint density at radius 2 is 1.72 bits per heavy atom. The number of nitrogens with zero attached hydrogens (tertiary/aromatic N) is 6. The van der Waals surface area contributed by atoms with Crippen LogP contribution in [0.1, 0.15) is 22.7 Å². The Bertz CT molecular complexity index is 1450. The molecule has 1 aliphatic rings. The molecule has 202 valence electrons. The smallest absolute Gasteiger partial charge is 0.317 e. The molecular weight excluding hydrogens is 496 g/mol. The van der Waals surface area contributed by atoms with Gasteiger partial charge in [-0.3, -0.25) is 9.69 Å². The third-order valence-corrected chi connectivity index (χ3v) is 6.48. The highest BCUT2D eigenvalue weighted by atomic mass is 16.3. The summed E-state index contributed by atoms with van der Waals surface area (Å²) in [6.45, 7) is 8.68. The lowest BCUT2D eigenvalue weighted by Gasteiger charge is -2.34. The van der Waals surface area contributed by atoms with Gasteiger partial charge in [0.05, 0.1) is 12.2 Å². The number of anilines is 1. The Hall–Kier alpha value is -4.51.